The molecular weight excluding hydrogens is 472 g/mol. The van der Waals surface area contributed by atoms with Crippen molar-refractivity contribution in [3.63, 3.8) is 0 Å². The third-order valence-corrected chi connectivity index (χ3v) is 5.75. The molecule has 1 aromatic carbocycles. The van der Waals surface area contributed by atoms with Gasteiger partial charge in [-0.3, -0.25) is 9.59 Å². The lowest BCUT2D eigenvalue weighted by atomic mass is 10.1. The first-order valence-electron chi connectivity index (χ1n) is 10.7. The number of pyridine rings is 1. The van der Waals surface area contributed by atoms with Crippen molar-refractivity contribution in [3.8, 4) is 5.75 Å². The molecule has 4 rings (SSSR count). The lowest BCUT2D eigenvalue weighted by molar-refractivity contribution is -0.142. The summed E-state index contributed by atoms with van der Waals surface area (Å²) >= 11 is 0. The number of carbonyl (C=O) groups is 1. The van der Waals surface area contributed by atoms with Gasteiger partial charge in [-0.2, -0.15) is 13.2 Å². The Hall–Kier alpha value is -3.54. The van der Waals surface area contributed by atoms with E-state index in [9.17, 15) is 27.2 Å². The predicted octanol–water partition coefficient (Wildman–Crippen LogP) is 3.59. The standard InChI is InChI=1S/C23H22F4N4O4/c1-11(15-8-16-20(28-12(2)29-21(16)32)30-19(15)23(25,26)27)35-14-6-4-13(5-7-14)22(33)31-9-17(24)18(10-31)34-3/h4-8,11,17-18H,9-10H2,1-3H3,(H,28,29,30,32)/t11?,17-,18+/m1/s1. The molecule has 0 saturated carbocycles. The number of amides is 1. The Morgan fingerprint density at radius 3 is 2.49 bits per heavy atom. The summed E-state index contributed by atoms with van der Waals surface area (Å²) in [6.07, 6.45) is -7.91. The molecule has 0 bridgehead atoms. The molecule has 1 aliphatic heterocycles. The molecule has 35 heavy (non-hydrogen) atoms. The van der Waals surface area contributed by atoms with E-state index in [4.69, 9.17) is 9.47 Å². The number of halogens is 4. The number of aromatic amines is 1. The maximum atomic E-state index is 13.9. The molecule has 3 heterocycles. The first-order valence-corrected chi connectivity index (χ1v) is 10.7. The van der Waals surface area contributed by atoms with Gasteiger partial charge in [-0.1, -0.05) is 0 Å². The highest BCUT2D eigenvalue weighted by Crippen LogP contribution is 2.36. The Morgan fingerprint density at radius 2 is 1.89 bits per heavy atom. The first kappa shape index (κ1) is 24.6. The molecule has 3 atom stereocenters. The summed E-state index contributed by atoms with van der Waals surface area (Å²) < 4.78 is 65.8. The van der Waals surface area contributed by atoms with E-state index in [-0.39, 0.29) is 46.8 Å². The van der Waals surface area contributed by atoms with Gasteiger partial charge in [0.2, 0.25) is 0 Å². The fourth-order valence-corrected chi connectivity index (χ4v) is 3.98. The van der Waals surface area contributed by atoms with E-state index in [1.165, 1.54) is 50.1 Å². The van der Waals surface area contributed by atoms with Crippen molar-refractivity contribution >= 4 is 16.9 Å². The van der Waals surface area contributed by atoms with Gasteiger partial charge in [0.1, 0.15) is 30.0 Å². The molecule has 1 unspecified atom stereocenters. The van der Waals surface area contributed by atoms with Crippen LogP contribution in [-0.2, 0) is 10.9 Å². The van der Waals surface area contributed by atoms with Gasteiger partial charge in [-0.15, -0.1) is 0 Å². The zero-order valence-corrected chi connectivity index (χ0v) is 19.0. The Bertz CT molecular complexity index is 1310. The number of carbonyl (C=O) groups excluding carboxylic acids is 1. The maximum absolute atomic E-state index is 13.9. The van der Waals surface area contributed by atoms with Gasteiger partial charge in [0.15, 0.2) is 11.3 Å². The zero-order valence-electron chi connectivity index (χ0n) is 19.0. The average molecular weight is 494 g/mol. The number of ether oxygens (including phenoxy) is 2. The number of likely N-dealkylation sites (tertiary alicyclic amines) is 1. The summed E-state index contributed by atoms with van der Waals surface area (Å²) in [5.41, 5.74) is -2.20. The number of hydrogen-bond donors (Lipinski definition) is 1. The minimum absolute atomic E-state index is 0.0880. The van der Waals surface area contributed by atoms with E-state index < -0.39 is 41.7 Å². The van der Waals surface area contributed by atoms with Gasteiger partial charge in [0, 0.05) is 18.2 Å². The molecular formula is C23H22F4N4O4. The molecule has 0 spiro atoms. The molecule has 8 nitrogen and oxygen atoms in total. The summed E-state index contributed by atoms with van der Waals surface area (Å²) in [5.74, 6) is -0.0619. The number of fused-ring (bicyclic) bond motifs is 1. The number of nitrogens with zero attached hydrogens (tertiary/aromatic N) is 3. The highest BCUT2D eigenvalue weighted by Gasteiger charge is 2.38. The molecule has 1 N–H and O–H groups in total. The fourth-order valence-electron chi connectivity index (χ4n) is 3.98. The third kappa shape index (κ3) is 4.97. The Morgan fingerprint density at radius 1 is 1.20 bits per heavy atom. The molecule has 1 amide bonds. The number of nitrogens with one attached hydrogen (secondary N) is 1. The minimum Gasteiger partial charge on any atom is -0.486 e. The third-order valence-electron chi connectivity index (χ3n) is 5.75. The van der Waals surface area contributed by atoms with Crippen LogP contribution in [0.15, 0.2) is 35.1 Å². The van der Waals surface area contributed by atoms with Crippen molar-refractivity contribution in [2.75, 3.05) is 20.2 Å². The number of methoxy groups -OCH3 is 1. The van der Waals surface area contributed by atoms with Gasteiger partial charge < -0.3 is 19.4 Å². The first-order chi connectivity index (χ1) is 16.5. The van der Waals surface area contributed by atoms with Crippen molar-refractivity contribution in [3.05, 3.63) is 63.3 Å². The van der Waals surface area contributed by atoms with E-state index in [0.717, 1.165) is 6.07 Å². The number of hydrogen-bond acceptors (Lipinski definition) is 6. The quantitative estimate of drug-likeness (QED) is 0.545. The minimum atomic E-state index is -4.81. The number of aromatic nitrogens is 3. The Balaban J connectivity index is 1.58. The van der Waals surface area contributed by atoms with Crippen molar-refractivity contribution in [2.45, 2.75) is 38.4 Å². The highest BCUT2D eigenvalue weighted by atomic mass is 19.4. The van der Waals surface area contributed by atoms with Crippen molar-refractivity contribution in [2.24, 2.45) is 0 Å². The van der Waals surface area contributed by atoms with E-state index in [1.807, 2.05) is 0 Å². The Kier molecular flexibility index (Phi) is 6.50. The molecule has 0 radical (unpaired) electrons. The van der Waals surface area contributed by atoms with Gasteiger partial charge in [0.05, 0.1) is 18.5 Å². The average Bonchev–Trinajstić information content (AvgIpc) is 3.18. The van der Waals surface area contributed by atoms with Gasteiger partial charge in [-0.05, 0) is 44.2 Å². The van der Waals surface area contributed by atoms with E-state index in [2.05, 4.69) is 15.0 Å². The summed E-state index contributed by atoms with van der Waals surface area (Å²) in [5, 5.41) is -0.0962. The molecule has 3 aromatic rings. The highest BCUT2D eigenvalue weighted by molar-refractivity contribution is 5.94. The topological polar surface area (TPSA) is 97.4 Å². The summed E-state index contributed by atoms with van der Waals surface area (Å²) in [6.45, 7) is 2.87. The molecule has 2 aromatic heterocycles. The lowest BCUT2D eigenvalue weighted by Gasteiger charge is -2.20. The zero-order chi connectivity index (χ0) is 25.5. The lowest BCUT2D eigenvalue weighted by Crippen LogP contribution is -2.29. The van der Waals surface area contributed by atoms with Crippen LogP contribution in [0.4, 0.5) is 17.6 Å². The van der Waals surface area contributed by atoms with Crippen LogP contribution in [0, 0.1) is 6.92 Å². The SMILES string of the molecule is CO[C@H]1CN(C(=O)c2ccc(OC(C)c3cc4c(=O)[nH]c(C)nc4nc3C(F)(F)F)cc2)C[C@H]1F. The van der Waals surface area contributed by atoms with Crippen LogP contribution in [-0.4, -0.2) is 58.2 Å². The predicted molar refractivity (Wildman–Crippen MR) is 117 cm³/mol. The number of H-pyrrole nitrogens is 1. The van der Waals surface area contributed by atoms with E-state index >= 15 is 0 Å². The molecule has 1 saturated heterocycles. The maximum Gasteiger partial charge on any atom is 0.433 e. The number of rotatable bonds is 5. The molecule has 0 aliphatic carbocycles. The van der Waals surface area contributed by atoms with Crippen LogP contribution in [0.25, 0.3) is 11.0 Å². The van der Waals surface area contributed by atoms with Gasteiger partial charge >= 0.3 is 6.18 Å². The van der Waals surface area contributed by atoms with Crippen LogP contribution >= 0.6 is 0 Å². The largest absolute Gasteiger partial charge is 0.486 e. The monoisotopic (exact) mass is 494 g/mol. The van der Waals surface area contributed by atoms with Crippen molar-refractivity contribution in [1.29, 1.82) is 0 Å². The fraction of sp³-hybridized carbons (Fsp3) is 0.391. The van der Waals surface area contributed by atoms with Crippen LogP contribution in [0.3, 0.4) is 0 Å². The molecule has 12 heteroatoms. The number of benzene rings is 1. The normalized spacial score (nSPS) is 19.2. The smallest absolute Gasteiger partial charge is 0.433 e. The summed E-state index contributed by atoms with van der Waals surface area (Å²) in [7, 11) is 1.38. The van der Waals surface area contributed by atoms with Crippen molar-refractivity contribution < 1.29 is 31.8 Å². The van der Waals surface area contributed by atoms with Crippen LogP contribution in [0.1, 0.15) is 40.5 Å². The van der Waals surface area contributed by atoms with Gasteiger partial charge in [0.25, 0.3) is 11.5 Å². The second kappa shape index (κ2) is 9.25. The molecule has 1 aliphatic rings. The Labute approximate surface area is 196 Å². The summed E-state index contributed by atoms with van der Waals surface area (Å²) in [4.78, 5) is 36.1. The van der Waals surface area contributed by atoms with E-state index in [0.29, 0.717) is 0 Å². The second-order valence-electron chi connectivity index (χ2n) is 8.23. The second-order valence-corrected chi connectivity index (χ2v) is 8.23. The van der Waals surface area contributed by atoms with Gasteiger partial charge in [-0.25, -0.2) is 14.4 Å². The van der Waals surface area contributed by atoms with Crippen LogP contribution in [0.2, 0.25) is 0 Å². The number of aryl methyl sites for hydroxylation is 1. The van der Waals surface area contributed by atoms with Crippen molar-refractivity contribution in [1.82, 2.24) is 19.9 Å². The van der Waals surface area contributed by atoms with Crippen LogP contribution in [0.5, 0.6) is 5.75 Å². The van der Waals surface area contributed by atoms with E-state index in [1.54, 1.807) is 0 Å². The molecule has 1 fully saturated rings. The molecule has 186 valence electrons. The summed E-state index contributed by atoms with van der Waals surface area (Å²) in [6, 6.07) is 6.82. The number of alkyl halides is 4. The van der Waals surface area contributed by atoms with Crippen LogP contribution < -0.4 is 10.3 Å².